The molecule has 7 heteroatoms. The topological polar surface area (TPSA) is 69.0 Å². The summed E-state index contributed by atoms with van der Waals surface area (Å²) in [6.45, 7) is 3.75. The van der Waals surface area contributed by atoms with Crippen LogP contribution in [0, 0.1) is 13.8 Å². The molecule has 0 saturated carbocycles. The number of carbonyl (C=O) groups excluding carboxylic acids is 1. The quantitative estimate of drug-likeness (QED) is 0.567. The number of fused-ring (bicyclic) bond motifs is 1. The van der Waals surface area contributed by atoms with E-state index in [0.717, 1.165) is 21.5 Å². The predicted octanol–water partition coefficient (Wildman–Crippen LogP) is 4.12. The highest BCUT2D eigenvalue weighted by atomic mass is 32.1. The first kappa shape index (κ1) is 17.2. The Labute approximate surface area is 160 Å². The second-order valence-corrected chi connectivity index (χ2v) is 7.16. The van der Waals surface area contributed by atoms with E-state index in [1.54, 1.807) is 4.68 Å². The Morgan fingerprint density at radius 3 is 2.74 bits per heavy atom. The van der Waals surface area contributed by atoms with Crippen molar-refractivity contribution in [3.8, 4) is 10.9 Å². The van der Waals surface area contributed by atoms with Crippen molar-refractivity contribution in [2.45, 2.75) is 13.8 Å². The summed E-state index contributed by atoms with van der Waals surface area (Å²) < 4.78 is 8.35. The zero-order chi connectivity index (χ0) is 18.8. The van der Waals surface area contributed by atoms with Gasteiger partial charge in [0.15, 0.2) is 6.61 Å². The summed E-state index contributed by atoms with van der Waals surface area (Å²) in [5.41, 5.74) is 2.69. The Kier molecular flexibility index (Phi) is 4.60. The summed E-state index contributed by atoms with van der Waals surface area (Å²) in [5.74, 6) is 1.02. The van der Waals surface area contributed by atoms with E-state index >= 15 is 0 Å². The van der Waals surface area contributed by atoms with E-state index in [9.17, 15) is 4.79 Å². The highest BCUT2D eigenvalue weighted by Crippen LogP contribution is 2.27. The van der Waals surface area contributed by atoms with E-state index in [0.29, 0.717) is 16.7 Å². The Morgan fingerprint density at radius 1 is 1.15 bits per heavy atom. The Balaban J connectivity index is 1.52. The number of anilines is 1. The van der Waals surface area contributed by atoms with Gasteiger partial charge in [0.05, 0.1) is 15.9 Å². The number of nitrogens with zero attached hydrogens (tertiary/aromatic N) is 3. The first-order chi connectivity index (χ1) is 13.1. The van der Waals surface area contributed by atoms with Crippen LogP contribution in [0.2, 0.25) is 0 Å². The minimum atomic E-state index is -0.250. The first-order valence-electron chi connectivity index (χ1n) is 8.51. The van der Waals surface area contributed by atoms with Gasteiger partial charge in [-0.25, -0.2) is 4.98 Å². The molecule has 0 radical (unpaired) electrons. The van der Waals surface area contributed by atoms with E-state index in [4.69, 9.17) is 4.74 Å². The molecule has 2 aromatic carbocycles. The smallest absolute Gasteiger partial charge is 0.263 e. The fourth-order valence-corrected chi connectivity index (χ4v) is 3.66. The molecule has 0 saturated heterocycles. The molecule has 0 unspecified atom stereocenters. The van der Waals surface area contributed by atoms with Crippen molar-refractivity contribution < 1.29 is 9.53 Å². The molecule has 0 aliphatic carbocycles. The second kappa shape index (κ2) is 7.20. The van der Waals surface area contributed by atoms with Gasteiger partial charge >= 0.3 is 0 Å². The number of aromatic nitrogens is 3. The molecule has 6 nitrogen and oxygen atoms in total. The summed E-state index contributed by atoms with van der Waals surface area (Å²) in [4.78, 5) is 17.0. The van der Waals surface area contributed by atoms with E-state index in [2.05, 4.69) is 15.4 Å². The number of nitrogens with one attached hydrogen (secondary N) is 1. The fourth-order valence-electron chi connectivity index (χ4n) is 2.73. The third-order valence-corrected chi connectivity index (χ3v) is 5.03. The van der Waals surface area contributed by atoms with Gasteiger partial charge in [-0.3, -0.25) is 4.79 Å². The molecule has 0 aliphatic heterocycles. The monoisotopic (exact) mass is 378 g/mol. The van der Waals surface area contributed by atoms with Crippen LogP contribution in [0.4, 0.5) is 5.82 Å². The number of amides is 1. The summed E-state index contributed by atoms with van der Waals surface area (Å²) in [6, 6.07) is 17.3. The van der Waals surface area contributed by atoms with E-state index in [1.165, 1.54) is 11.3 Å². The van der Waals surface area contributed by atoms with Crippen molar-refractivity contribution in [3.63, 3.8) is 0 Å². The van der Waals surface area contributed by atoms with Gasteiger partial charge in [0, 0.05) is 6.07 Å². The third-order valence-electron chi connectivity index (χ3n) is 4.02. The van der Waals surface area contributed by atoms with Crippen LogP contribution in [-0.4, -0.2) is 27.3 Å². The molecule has 2 aromatic heterocycles. The SMILES string of the molecule is Cc1cc(NC(=O)COc2ccccc2C)n(-c2nc3ccccc3s2)n1. The van der Waals surface area contributed by atoms with E-state index in [-0.39, 0.29) is 12.5 Å². The summed E-state index contributed by atoms with van der Waals surface area (Å²) in [6.07, 6.45) is 0. The van der Waals surface area contributed by atoms with Crippen molar-refractivity contribution in [1.29, 1.82) is 0 Å². The fraction of sp³-hybridized carbons (Fsp3) is 0.150. The van der Waals surface area contributed by atoms with Gasteiger partial charge in [0.25, 0.3) is 5.91 Å². The maximum atomic E-state index is 12.4. The van der Waals surface area contributed by atoms with Gasteiger partial charge in [-0.1, -0.05) is 41.7 Å². The highest BCUT2D eigenvalue weighted by molar-refractivity contribution is 7.20. The van der Waals surface area contributed by atoms with Crippen molar-refractivity contribution in [3.05, 3.63) is 65.9 Å². The Bertz CT molecular complexity index is 1080. The first-order valence-corrected chi connectivity index (χ1v) is 9.33. The van der Waals surface area contributed by atoms with E-state index < -0.39 is 0 Å². The maximum Gasteiger partial charge on any atom is 0.263 e. The normalized spacial score (nSPS) is 10.9. The number of carbonyl (C=O) groups is 1. The van der Waals surface area contributed by atoms with Crippen molar-refractivity contribution in [2.24, 2.45) is 0 Å². The zero-order valence-electron chi connectivity index (χ0n) is 15.0. The lowest BCUT2D eigenvalue weighted by Crippen LogP contribution is -2.22. The highest BCUT2D eigenvalue weighted by Gasteiger charge is 2.15. The lowest BCUT2D eigenvalue weighted by Gasteiger charge is -2.09. The molecule has 0 fully saturated rings. The Morgan fingerprint density at radius 2 is 1.93 bits per heavy atom. The predicted molar refractivity (Wildman–Crippen MR) is 107 cm³/mol. The number of aryl methyl sites for hydroxylation is 2. The third kappa shape index (κ3) is 3.68. The molecule has 0 atom stereocenters. The van der Waals surface area contributed by atoms with Gasteiger partial charge in [0.2, 0.25) is 5.13 Å². The summed E-state index contributed by atoms with van der Waals surface area (Å²) >= 11 is 1.52. The number of benzene rings is 2. The molecule has 4 rings (SSSR count). The largest absolute Gasteiger partial charge is 0.483 e. The lowest BCUT2D eigenvalue weighted by molar-refractivity contribution is -0.118. The minimum absolute atomic E-state index is 0.0745. The number of rotatable bonds is 5. The zero-order valence-corrected chi connectivity index (χ0v) is 15.8. The molecule has 2 heterocycles. The van der Waals surface area contributed by atoms with Crippen molar-refractivity contribution >= 4 is 33.3 Å². The number of ether oxygens (including phenoxy) is 1. The van der Waals surface area contributed by atoms with Crippen molar-refractivity contribution in [1.82, 2.24) is 14.8 Å². The number of hydrogen-bond donors (Lipinski definition) is 1. The average Bonchev–Trinajstić information content (AvgIpc) is 3.24. The van der Waals surface area contributed by atoms with Crippen LogP contribution in [0.3, 0.4) is 0 Å². The van der Waals surface area contributed by atoms with Crippen LogP contribution in [0.25, 0.3) is 15.3 Å². The molecule has 4 aromatic rings. The average molecular weight is 378 g/mol. The van der Waals surface area contributed by atoms with Crippen molar-refractivity contribution in [2.75, 3.05) is 11.9 Å². The molecule has 1 amide bonds. The van der Waals surface area contributed by atoms with Crippen LogP contribution >= 0.6 is 11.3 Å². The second-order valence-electron chi connectivity index (χ2n) is 6.15. The van der Waals surface area contributed by atoms with E-state index in [1.807, 2.05) is 68.4 Å². The molecule has 136 valence electrons. The van der Waals surface area contributed by atoms with Gasteiger partial charge in [-0.05, 0) is 37.6 Å². The lowest BCUT2D eigenvalue weighted by atomic mass is 10.2. The molecular formula is C20H18N4O2S. The van der Waals surface area contributed by atoms with Gasteiger partial charge in [-0.15, -0.1) is 0 Å². The van der Waals surface area contributed by atoms with Crippen LogP contribution < -0.4 is 10.1 Å². The van der Waals surface area contributed by atoms with Crippen LogP contribution in [-0.2, 0) is 4.79 Å². The number of thiazole rings is 1. The van der Waals surface area contributed by atoms with Crippen LogP contribution in [0.5, 0.6) is 5.75 Å². The van der Waals surface area contributed by atoms with Crippen LogP contribution in [0.1, 0.15) is 11.3 Å². The molecule has 27 heavy (non-hydrogen) atoms. The molecular weight excluding hydrogens is 360 g/mol. The molecule has 1 N–H and O–H groups in total. The molecule has 0 spiro atoms. The minimum Gasteiger partial charge on any atom is -0.483 e. The van der Waals surface area contributed by atoms with Gasteiger partial charge < -0.3 is 10.1 Å². The standard InChI is InChI=1S/C20H18N4O2S/c1-13-7-3-5-9-16(13)26-12-19(25)22-18-11-14(2)23-24(18)20-21-15-8-4-6-10-17(15)27-20/h3-11H,12H2,1-2H3,(H,22,25). The molecule has 0 bridgehead atoms. The number of para-hydroxylation sites is 2. The summed E-state index contributed by atoms with van der Waals surface area (Å²) in [5, 5.41) is 8.05. The maximum absolute atomic E-state index is 12.4. The Hall–Kier alpha value is -3.19. The van der Waals surface area contributed by atoms with Crippen LogP contribution in [0.15, 0.2) is 54.6 Å². The van der Waals surface area contributed by atoms with Gasteiger partial charge in [-0.2, -0.15) is 9.78 Å². The number of hydrogen-bond acceptors (Lipinski definition) is 5. The van der Waals surface area contributed by atoms with Gasteiger partial charge in [0.1, 0.15) is 11.6 Å². The molecule has 0 aliphatic rings. The summed E-state index contributed by atoms with van der Waals surface area (Å²) in [7, 11) is 0.